The molecule has 0 aromatic heterocycles. The van der Waals surface area contributed by atoms with Crippen LogP contribution in [0.2, 0.25) is 5.54 Å². The fraction of sp³-hybridized carbons (Fsp3) is 0.833. The van der Waals surface area contributed by atoms with Crippen molar-refractivity contribution in [2.24, 2.45) is 0 Å². The van der Waals surface area contributed by atoms with Gasteiger partial charge in [-0.25, -0.2) is 0 Å². The molecular formula is C12H26O3Si. The van der Waals surface area contributed by atoms with Crippen LogP contribution in [0.1, 0.15) is 41.0 Å². The fourth-order valence-electron chi connectivity index (χ4n) is 1.64. The molecule has 0 heterocycles. The van der Waals surface area contributed by atoms with Crippen molar-refractivity contribution in [2.75, 3.05) is 19.8 Å². The minimum absolute atomic E-state index is 0.309. The van der Waals surface area contributed by atoms with Crippen LogP contribution in [0.15, 0.2) is 12.2 Å². The van der Waals surface area contributed by atoms with Crippen LogP contribution in [0, 0.1) is 0 Å². The summed E-state index contributed by atoms with van der Waals surface area (Å²) in [7, 11) is -2.49. The van der Waals surface area contributed by atoms with Crippen LogP contribution in [-0.2, 0) is 13.3 Å². The van der Waals surface area contributed by atoms with Gasteiger partial charge in [-0.2, -0.15) is 0 Å². The van der Waals surface area contributed by atoms with Gasteiger partial charge in [0.25, 0.3) is 0 Å². The van der Waals surface area contributed by atoms with Crippen LogP contribution in [0.3, 0.4) is 0 Å². The van der Waals surface area contributed by atoms with Gasteiger partial charge < -0.3 is 13.3 Å². The van der Waals surface area contributed by atoms with Gasteiger partial charge in [-0.05, 0) is 34.1 Å². The quantitative estimate of drug-likeness (QED) is 0.461. The summed E-state index contributed by atoms with van der Waals surface area (Å²) in [4.78, 5) is 0. The van der Waals surface area contributed by atoms with Crippen LogP contribution in [0.25, 0.3) is 0 Å². The Kier molecular flexibility index (Phi) is 8.84. The van der Waals surface area contributed by atoms with Crippen molar-refractivity contribution in [3.8, 4) is 0 Å². The van der Waals surface area contributed by atoms with Gasteiger partial charge in [-0.3, -0.25) is 0 Å². The Balaban J connectivity index is 4.67. The summed E-state index contributed by atoms with van der Waals surface area (Å²) in [5.74, 6) is 0. The third kappa shape index (κ3) is 4.78. The van der Waals surface area contributed by atoms with E-state index in [0.717, 1.165) is 6.42 Å². The molecule has 0 aromatic rings. The summed E-state index contributed by atoms with van der Waals surface area (Å²) in [6.45, 7) is 12.1. The number of allylic oxidation sites excluding steroid dienone is 2. The molecule has 0 spiro atoms. The van der Waals surface area contributed by atoms with Gasteiger partial charge in [-0.15, -0.1) is 0 Å². The van der Waals surface area contributed by atoms with Crippen molar-refractivity contribution in [2.45, 2.75) is 46.6 Å². The molecule has 0 aliphatic carbocycles. The second-order valence-electron chi connectivity index (χ2n) is 3.61. The van der Waals surface area contributed by atoms with E-state index in [1.54, 1.807) is 0 Å². The van der Waals surface area contributed by atoms with Gasteiger partial charge in [0.15, 0.2) is 0 Å². The third-order valence-corrected chi connectivity index (χ3v) is 5.88. The summed E-state index contributed by atoms with van der Waals surface area (Å²) >= 11 is 0. The molecule has 0 saturated carbocycles. The molecule has 0 N–H and O–H groups in total. The Bertz CT molecular complexity index is 178. The van der Waals surface area contributed by atoms with Crippen LogP contribution in [0.5, 0.6) is 0 Å². The van der Waals surface area contributed by atoms with Crippen LogP contribution >= 0.6 is 0 Å². The third-order valence-electron chi connectivity index (χ3n) is 2.37. The minimum Gasteiger partial charge on any atom is -0.374 e. The lowest BCUT2D eigenvalue weighted by molar-refractivity contribution is 0.0627. The Hall–Kier alpha value is -0.163. The van der Waals surface area contributed by atoms with Crippen molar-refractivity contribution in [1.29, 1.82) is 0 Å². The molecule has 1 atom stereocenters. The maximum absolute atomic E-state index is 5.83. The molecule has 16 heavy (non-hydrogen) atoms. The summed E-state index contributed by atoms with van der Waals surface area (Å²) in [6, 6.07) is 0. The van der Waals surface area contributed by atoms with E-state index in [0.29, 0.717) is 25.4 Å². The molecule has 0 bridgehead atoms. The highest BCUT2D eigenvalue weighted by Gasteiger charge is 2.45. The molecule has 0 aliphatic heterocycles. The standard InChI is InChI=1S/C12H26O3Si/c1-6-10-11-12(5)16(13-7-2,14-8-3)15-9-4/h6,10,12H,7-9,11H2,1-5H3/b10-6-. The molecule has 4 heteroatoms. The van der Waals surface area contributed by atoms with Crippen LogP contribution in [-0.4, -0.2) is 28.6 Å². The first-order valence-corrected chi connectivity index (χ1v) is 8.00. The lowest BCUT2D eigenvalue weighted by Gasteiger charge is -2.33. The van der Waals surface area contributed by atoms with Gasteiger partial charge in [0.05, 0.1) is 0 Å². The predicted octanol–water partition coefficient (Wildman–Crippen LogP) is 3.39. The number of rotatable bonds is 9. The molecule has 0 aromatic carbocycles. The Morgan fingerprint density at radius 1 is 1.00 bits per heavy atom. The second-order valence-corrected chi connectivity index (χ2v) is 6.67. The molecule has 1 unspecified atom stereocenters. The highest BCUT2D eigenvalue weighted by molar-refractivity contribution is 6.62. The molecular weight excluding hydrogens is 220 g/mol. The second kappa shape index (κ2) is 8.93. The zero-order valence-electron chi connectivity index (χ0n) is 11.3. The highest BCUT2D eigenvalue weighted by Crippen LogP contribution is 2.29. The van der Waals surface area contributed by atoms with Crippen molar-refractivity contribution < 1.29 is 13.3 Å². The van der Waals surface area contributed by atoms with E-state index < -0.39 is 8.80 Å². The Labute approximate surface area is 101 Å². The van der Waals surface area contributed by atoms with E-state index in [2.05, 4.69) is 19.1 Å². The van der Waals surface area contributed by atoms with Gasteiger partial charge in [0.2, 0.25) is 0 Å². The molecule has 0 amide bonds. The molecule has 0 saturated heterocycles. The summed E-state index contributed by atoms with van der Waals surface area (Å²) in [5.41, 5.74) is 0.309. The highest BCUT2D eigenvalue weighted by atomic mass is 28.4. The SMILES string of the molecule is C/C=C\CC(C)[Si](OCC)(OCC)OCC. The molecule has 0 aliphatic rings. The zero-order valence-corrected chi connectivity index (χ0v) is 12.3. The average molecular weight is 246 g/mol. The van der Waals surface area contributed by atoms with Gasteiger partial charge in [0.1, 0.15) is 0 Å². The number of hydrogen-bond acceptors (Lipinski definition) is 3. The first-order valence-electron chi connectivity index (χ1n) is 6.19. The van der Waals surface area contributed by atoms with E-state index in [4.69, 9.17) is 13.3 Å². The van der Waals surface area contributed by atoms with E-state index >= 15 is 0 Å². The first kappa shape index (κ1) is 15.8. The summed E-state index contributed by atoms with van der Waals surface area (Å²) in [6.07, 6.45) is 5.14. The maximum atomic E-state index is 5.83. The Morgan fingerprint density at radius 2 is 1.44 bits per heavy atom. The van der Waals surface area contributed by atoms with E-state index in [1.807, 2.05) is 27.7 Å². The normalized spacial score (nSPS) is 14.6. The average Bonchev–Trinajstić information content (AvgIpc) is 2.26. The van der Waals surface area contributed by atoms with Crippen molar-refractivity contribution in [3.05, 3.63) is 12.2 Å². The maximum Gasteiger partial charge on any atom is 0.504 e. The van der Waals surface area contributed by atoms with Crippen molar-refractivity contribution in [3.63, 3.8) is 0 Å². The zero-order chi connectivity index (χ0) is 12.4. The molecule has 3 nitrogen and oxygen atoms in total. The van der Waals surface area contributed by atoms with Crippen molar-refractivity contribution >= 4 is 8.80 Å². The van der Waals surface area contributed by atoms with E-state index in [9.17, 15) is 0 Å². The lowest BCUT2D eigenvalue weighted by Crippen LogP contribution is -2.49. The monoisotopic (exact) mass is 246 g/mol. The lowest BCUT2D eigenvalue weighted by atomic mass is 10.3. The number of hydrogen-bond donors (Lipinski definition) is 0. The molecule has 0 rings (SSSR count). The summed E-state index contributed by atoms with van der Waals surface area (Å²) < 4.78 is 17.5. The predicted molar refractivity (Wildman–Crippen MR) is 69.5 cm³/mol. The largest absolute Gasteiger partial charge is 0.504 e. The Morgan fingerprint density at radius 3 is 1.75 bits per heavy atom. The minimum atomic E-state index is -2.49. The van der Waals surface area contributed by atoms with E-state index in [-0.39, 0.29) is 0 Å². The van der Waals surface area contributed by atoms with Gasteiger partial charge >= 0.3 is 8.80 Å². The smallest absolute Gasteiger partial charge is 0.374 e. The molecule has 0 fully saturated rings. The van der Waals surface area contributed by atoms with Crippen LogP contribution < -0.4 is 0 Å². The fourth-order valence-corrected chi connectivity index (χ4v) is 4.38. The van der Waals surface area contributed by atoms with Gasteiger partial charge in [-0.1, -0.05) is 19.1 Å². The van der Waals surface area contributed by atoms with Crippen LogP contribution in [0.4, 0.5) is 0 Å². The first-order chi connectivity index (χ1) is 7.66. The topological polar surface area (TPSA) is 27.7 Å². The van der Waals surface area contributed by atoms with E-state index in [1.165, 1.54) is 0 Å². The molecule has 0 radical (unpaired) electrons. The summed E-state index contributed by atoms with van der Waals surface area (Å²) in [5, 5.41) is 0. The van der Waals surface area contributed by atoms with Gasteiger partial charge in [0, 0.05) is 25.4 Å². The molecule has 96 valence electrons. The van der Waals surface area contributed by atoms with Crippen molar-refractivity contribution in [1.82, 2.24) is 0 Å².